The Labute approximate surface area is 245 Å². The lowest BCUT2D eigenvalue weighted by Gasteiger charge is -2.26. The van der Waals surface area contributed by atoms with Crippen LogP contribution >= 0.6 is 23.2 Å². The predicted octanol–water partition coefficient (Wildman–Crippen LogP) is 5.86. The average Bonchev–Trinajstić information content (AvgIpc) is 2.95. The van der Waals surface area contributed by atoms with Crippen LogP contribution in [0.25, 0.3) is 11.3 Å². The number of rotatable bonds is 11. The van der Waals surface area contributed by atoms with Crippen LogP contribution in [0.4, 0.5) is 28.7 Å². The van der Waals surface area contributed by atoms with E-state index in [2.05, 4.69) is 30.9 Å². The van der Waals surface area contributed by atoms with Crippen molar-refractivity contribution in [1.82, 2.24) is 20.3 Å². The van der Waals surface area contributed by atoms with Gasteiger partial charge in [-0.1, -0.05) is 23.2 Å². The molecular formula is C27H25Cl2N7O5. The maximum atomic E-state index is 11.8. The summed E-state index contributed by atoms with van der Waals surface area (Å²) in [6.07, 6.45) is 2.94. The molecule has 0 amide bonds. The Morgan fingerprint density at radius 2 is 1.78 bits per heavy atom. The molecule has 2 aromatic heterocycles. The molecule has 212 valence electrons. The van der Waals surface area contributed by atoms with E-state index >= 15 is 0 Å². The minimum absolute atomic E-state index is 0.144. The number of pyridine rings is 1. The van der Waals surface area contributed by atoms with E-state index in [0.29, 0.717) is 58.4 Å². The minimum atomic E-state index is -0.471. The number of aromatic nitrogens is 3. The SMILES string of the molecule is COc1cc(OC)c(Cl)c(Nc2ncccc2-c2cc(Nc3ccc(OCC4CNC4)cc3[N+](=O)[O-])ncn2)c1Cl. The van der Waals surface area contributed by atoms with Crippen molar-refractivity contribution in [2.45, 2.75) is 0 Å². The van der Waals surface area contributed by atoms with Crippen LogP contribution in [-0.2, 0) is 0 Å². The number of hydrogen-bond acceptors (Lipinski definition) is 11. The first-order valence-corrected chi connectivity index (χ1v) is 13.2. The van der Waals surface area contributed by atoms with E-state index in [0.717, 1.165) is 13.1 Å². The summed E-state index contributed by atoms with van der Waals surface area (Å²) >= 11 is 13.1. The lowest BCUT2D eigenvalue weighted by molar-refractivity contribution is -0.384. The van der Waals surface area contributed by atoms with E-state index in [-0.39, 0.29) is 21.4 Å². The summed E-state index contributed by atoms with van der Waals surface area (Å²) in [5.41, 5.74) is 1.52. The van der Waals surface area contributed by atoms with Crippen molar-refractivity contribution in [3.63, 3.8) is 0 Å². The number of methoxy groups -OCH3 is 2. The van der Waals surface area contributed by atoms with Crippen molar-refractivity contribution < 1.29 is 19.1 Å². The third-order valence-corrected chi connectivity index (χ3v) is 7.10. The molecule has 0 bridgehead atoms. The first kappa shape index (κ1) is 28.1. The summed E-state index contributed by atoms with van der Waals surface area (Å²) in [5, 5.41) is 21.7. The van der Waals surface area contributed by atoms with Gasteiger partial charge in [0.1, 0.15) is 50.9 Å². The summed E-state index contributed by atoms with van der Waals surface area (Å²) < 4.78 is 16.5. The zero-order valence-corrected chi connectivity index (χ0v) is 23.5. The summed E-state index contributed by atoms with van der Waals surface area (Å²) in [6, 6.07) is 11.4. The zero-order valence-electron chi connectivity index (χ0n) is 22.0. The zero-order chi connectivity index (χ0) is 28.9. The molecule has 3 heterocycles. The number of nitro benzene ring substituents is 1. The second kappa shape index (κ2) is 12.4. The standard InChI is InChI=1S/C27H25Cl2N7O5/c1-39-21-10-22(40-2)25(29)26(24(21)28)35-27-17(4-3-7-31-27)19-9-23(33-14-32-19)34-18-6-5-16(8-20(18)36(37)38)41-13-15-11-30-12-15/h3-10,14-15,30H,11-13H2,1-2H3,(H,31,35)(H,32,33,34). The van der Waals surface area contributed by atoms with Gasteiger partial charge >= 0.3 is 0 Å². The van der Waals surface area contributed by atoms with Gasteiger partial charge in [-0.05, 0) is 24.3 Å². The van der Waals surface area contributed by atoms with Gasteiger partial charge in [0, 0.05) is 42.9 Å². The van der Waals surface area contributed by atoms with Gasteiger partial charge in [0.15, 0.2) is 0 Å². The molecule has 0 spiro atoms. The topological polar surface area (TPSA) is 146 Å². The number of halogens is 2. The smallest absolute Gasteiger partial charge is 0.296 e. The molecule has 0 atom stereocenters. The summed E-state index contributed by atoms with van der Waals surface area (Å²) in [6.45, 7) is 2.24. The van der Waals surface area contributed by atoms with E-state index in [9.17, 15) is 10.1 Å². The van der Waals surface area contributed by atoms with Crippen LogP contribution in [0, 0.1) is 16.0 Å². The van der Waals surface area contributed by atoms with Gasteiger partial charge < -0.3 is 30.2 Å². The Kier molecular flexibility index (Phi) is 8.53. The van der Waals surface area contributed by atoms with E-state index < -0.39 is 4.92 Å². The third kappa shape index (κ3) is 6.19. The molecule has 12 nitrogen and oxygen atoms in total. The van der Waals surface area contributed by atoms with Gasteiger partial charge in [0.25, 0.3) is 5.69 Å². The van der Waals surface area contributed by atoms with Crippen molar-refractivity contribution in [3.05, 3.63) is 75.1 Å². The summed E-state index contributed by atoms with van der Waals surface area (Å²) in [5.74, 6) is 2.27. The first-order chi connectivity index (χ1) is 19.9. The number of hydrogen-bond donors (Lipinski definition) is 3. The molecule has 0 aliphatic carbocycles. The van der Waals surface area contributed by atoms with Crippen LogP contribution in [0.5, 0.6) is 17.2 Å². The largest absolute Gasteiger partial charge is 0.495 e. The second-order valence-corrected chi connectivity index (χ2v) is 9.75. The molecule has 0 saturated carbocycles. The Morgan fingerprint density at radius 1 is 1.02 bits per heavy atom. The average molecular weight is 598 g/mol. The molecule has 1 aliphatic heterocycles. The lowest BCUT2D eigenvalue weighted by atomic mass is 10.1. The monoisotopic (exact) mass is 597 g/mol. The van der Waals surface area contributed by atoms with Crippen LogP contribution in [0.15, 0.2) is 55.0 Å². The van der Waals surface area contributed by atoms with Gasteiger partial charge in [-0.25, -0.2) is 15.0 Å². The predicted molar refractivity (Wildman–Crippen MR) is 156 cm³/mol. The van der Waals surface area contributed by atoms with E-state index in [1.54, 1.807) is 42.6 Å². The molecule has 1 saturated heterocycles. The van der Waals surface area contributed by atoms with Crippen LogP contribution in [0.1, 0.15) is 0 Å². The van der Waals surface area contributed by atoms with Crippen LogP contribution in [0.3, 0.4) is 0 Å². The fourth-order valence-corrected chi connectivity index (χ4v) is 4.67. The van der Waals surface area contributed by atoms with Crippen molar-refractivity contribution in [3.8, 4) is 28.5 Å². The van der Waals surface area contributed by atoms with Crippen molar-refractivity contribution in [2.24, 2.45) is 5.92 Å². The Bertz CT molecular complexity index is 1560. The highest BCUT2D eigenvalue weighted by atomic mass is 35.5. The highest BCUT2D eigenvalue weighted by Crippen LogP contribution is 2.46. The Balaban J connectivity index is 1.42. The molecule has 3 N–H and O–H groups in total. The molecule has 0 radical (unpaired) electrons. The highest BCUT2D eigenvalue weighted by molar-refractivity contribution is 6.41. The second-order valence-electron chi connectivity index (χ2n) is 8.99. The molecule has 2 aromatic carbocycles. The van der Waals surface area contributed by atoms with Crippen molar-refractivity contribution in [1.29, 1.82) is 0 Å². The van der Waals surface area contributed by atoms with Crippen LogP contribution in [0.2, 0.25) is 10.0 Å². The third-order valence-electron chi connectivity index (χ3n) is 6.35. The summed E-state index contributed by atoms with van der Waals surface area (Å²) in [4.78, 5) is 24.4. The number of benzene rings is 2. The molecule has 4 aromatic rings. The van der Waals surface area contributed by atoms with Crippen molar-refractivity contribution >= 4 is 51.9 Å². The molecule has 0 unspecified atom stereocenters. The Hall–Kier alpha value is -4.39. The maximum Gasteiger partial charge on any atom is 0.296 e. The minimum Gasteiger partial charge on any atom is -0.495 e. The Morgan fingerprint density at radius 3 is 2.44 bits per heavy atom. The van der Waals surface area contributed by atoms with E-state index in [1.807, 2.05) is 0 Å². The van der Waals surface area contributed by atoms with Gasteiger partial charge in [-0.3, -0.25) is 10.1 Å². The molecule has 1 fully saturated rings. The van der Waals surface area contributed by atoms with Gasteiger partial charge in [0.05, 0.1) is 43.2 Å². The lowest BCUT2D eigenvalue weighted by Crippen LogP contribution is -2.45. The number of nitro groups is 1. The molecular weight excluding hydrogens is 573 g/mol. The van der Waals surface area contributed by atoms with Crippen molar-refractivity contribution in [2.75, 3.05) is 44.5 Å². The van der Waals surface area contributed by atoms with E-state index in [4.69, 9.17) is 37.4 Å². The van der Waals surface area contributed by atoms with Crippen LogP contribution in [-0.4, -0.2) is 53.8 Å². The fraction of sp³-hybridized carbons (Fsp3) is 0.222. The van der Waals surface area contributed by atoms with Gasteiger partial charge in [-0.15, -0.1) is 0 Å². The highest BCUT2D eigenvalue weighted by Gasteiger charge is 2.21. The number of ether oxygens (including phenoxy) is 3. The van der Waals surface area contributed by atoms with E-state index in [1.165, 1.54) is 26.6 Å². The molecule has 5 rings (SSSR count). The fourth-order valence-electron chi connectivity index (χ4n) is 4.07. The molecule has 1 aliphatic rings. The molecule has 14 heteroatoms. The quantitative estimate of drug-likeness (QED) is 0.141. The van der Waals surface area contributed by atoms with Gasteiger partial charge in [-0.2, -0.15) is 0 Å². The number of nitrogens with zero attached hydrogens (tertiary/aromatic N) is 4. The van der Waals surface area contributed by atoms with Gasteiger partial charge in [0.2, 0.25) is 0 Å². The van der Waals surface area contributed by atoms with Crippen LogP contribution < -0.4 is 30.2 Å². The normalized spacial score (nSPS) is 12.8. The maximum absolute atomic E-state index is 11.8. The first-order valence-electron chi connectivity index (χ1n) is 12.4. The summed E-state index contributed by atoms with van der Waals surface area (Å²) in [7, 11) is 2.97. The number of anilines is 4. The number of nitrogens with one attached hydrogen (secondary N) is 3. The molecule has 41 heavy (non-hydrogen) atoms.